The highest BCUT2D eigenvalue weighted by Gasteiger charge is 2.06. The van der Waals surface area contributed by atoms with Crippen LogP contribution in [0.1, 0.15) is 11.1 Å². The van der Waals surface area contributed by atoms with Crippen LogP contribution in [0.25, 0.3) is 11.1 Å². The summed E-state index contributed by atoms with van der Waals surface area (Å²) in [6, 6.07) is 16.5. The van der Waals surface area contributed by atoms with Crippen molar-refractivity contribution < 1.29 is 0 Å². The molecule has 2 N–H and O–H groups in total. The van der Waals surface area contributed by atoms with Gasteiger partial charge in [-0.3, -0.25) is 0 Å². The summed E-state index contributed by atoms with van der Waals surface area (Å²) in [5, 5.41) is 0. The largest absolute Gasteiger partial charge is 0.389 e. The summed E-state index contributed by atoms with van der Waals surface area (Å²) in [5.74, 6) is 0. The van der Waals surface area contributed by atoms with Crippen LogP contribution >= 0.6 is 12.2 Å². The van der Waals surface area contributed by atoms with Gasteiger partial charge < -0.3 is 10.6 Å². The Morgan fingerprint density at radius 1 is 1.05 bits per heavy atom. The van der Waals surface area contributed by atoms with Gasteiger partial charge in [0.25, 0.3) is 0 Å². The molecular formula is C16H18N2S. The number of hydrogen-bond acceptors (Lipinski definition) is 2. The molecule has 0 heterocycles. The molecule has 0 saturated carbocycles. The fourth-order valence-corrected chi connectivity index (χ4v) is 2.28. The van der Waals surface area contributed by atoms with Crippen molar-refractivity contribution in [3.8, 4) is 11.1 Å². The molecule has 0 unspecified atom stereocenters. The van der Waals surface area contributed by atoms with Crippen molar-refractivity contribution >= 4 is 17.2 Å². The van der Waals surface area contributed by atoms with E-state index in [0.717, 1.165) is 23.2 Å². The lowest BCUT2D eigenvalue weighted by atomic mass is 9.98. The summed E-state index contributed by atoms with van der Waals surface area (Å²) in [6.07, 6.45) is 0. The van der Waals surface area contributed by atoms with Crippen molar-refractivity contribution in [1.29, 1.82) is 0 Å². The molecule has 0 amide bonds. The first kappa shape index (κ1) is 13.7. The van der Waals surface area contributed by atoms with Gasteiger partial charge in [-0.25, -0.2) is 0 Å². The van der Waals surface area contributed by atoms with Crippen molar-refractivity contribution in [3.05, 3.63) is 59.7 Å². The summed E-state index contributed by atoms with van der Waals surface area (Å²) >= 11 is 5.10. The minimum atomic E-state index is 0.438. The van der Waals surface area contributed by atoms with Gasteiger partial charge in [0.2, 0.25) is 0 Å². The third-order valence-electron chi connectivity index (χ3n) is 2.96. The van der Waals surface area contributed by atoms with Crippen LogP contribution in [-0.2, 0) is 6.54 Å². The van der Waals surface area contributed by atoms with Crippen LogP contribution in [0.5, 0.6) is 0 Å². The van der Waals surface area contributed by atoms with Crippen molar-refractivity contribution in [2.24, 2.45) is 5.73 Å². The third kappa shape index (κ3) is 3.40. The van der Waals surface area contributed by atoms with Gasteiger partial charge in [-0.15, -0.1) is 0 Å². The van der Waals surface area contributed by atoms with Gasteiger partial charge in [0, 0.05) is 12.1 Å². The van der Waals surface area contributed by atoms with E-state index in [-0.39, 0.29) is 0 Å². The van der Waals surface area contributed by atoms with E-state index in [2.05, 4.69) is 49.3 Å². The van der Waals surface area contributed by atoms with E-state index in [4.69, 9.17) is 18.0 Å². The van der Waals surface area contributed by atoms with Gasteiger partial charge in [-0.2, -0.15) is 0 Å². The predicted octanol–water partition coefficient (Wildman–Crippen LogP) is 3.05. The van der Waals surface area contributed by atoms with E-state index in [9.17, 15) is 0 Å². The standard InChI is InChI=1S/C16H18N2S/c1-18(2)11-12-7-9-13(10-8-12)14-5-3-4-6-15(14)16(17)19/h3-10H,11H2,1-2H3,(H2,17,19). The molecule has 98 valence electrons. The molecule has 0 aromatic heterocycles. The minimum Gasteiger partial charge on any atom is -0.389 e. The Kier molecular flexibility index (Phi) is 4.30. The van der Waals surface area contributed by atoms with Crippen molar-refractivity contribution in [2.75, 3.05) is 14.1 Å². The fourth-order valence-electron chi connectivity index (χ4n) is 2.10. The Bertz CT molecular complexity index is 574. The first-order valence-corrected chi connectivity index (χ1v) is 6.61. The molecule has 3 heteroatoms. The normalized spacial score (nSPS) is 10.7. The average molecular weight is 270 g/mol. The van der Waals surface area contributed by atoms with Crippen molar-refractivity contribution in [1.82, 2.24) is 4.90 Å². The maximum absolute atomic E-state index is 5.77. The molecule has 2 nitrogen and oxygen atoms in total. The molecule has 0 aliphatic carbocycles. The quantitative estimate of drug-likeness (QED) is 0.866. The lowest BCUT2D eigenvalue weighted by Gasteiger charge is -2.11. The second-order valence-corrected chi connectivity index (χ2v) is 5.28. The lowest BCUT2D eigenvalue weighted by molar-refractivity contribution is 0.402. The lowest BCUT2D eigenvalue weighted by Crippen LogP contribution is -2.11. The molecule has 0 spiro atoms. The van der Waals surface area contributed by atoms with Crippen molar-refractivity contribution in [3.63, 3.8) is 0 Å². The van der Waals surface area contributed by atoms with Crippen LogP contribution in [0, 0.1) is 0 Å². The van der Waals surface area contributed by atoms with Gasteiger partial charge in [0.15, 0.2) is 0 Å². The summed E-state index contributed by atoms with van der Waals surface area (Å²) in [6.45, 7) is 0.942. The van der Waals surface area contributed by atoms with E-state index >= 15 is 0 Å². The molecule has 0 saturated heterocycles. The highest BCUT2D eigenvalue weighted by Crippen LogP contribution is 2.24. The third-order valence-corrected chi connectivity index (χ3v) is 3.18. The Balaban J connectivity index is 2.35. The predicted molar refractivity (Wildman–Crippen MR) is 85.2 cm³/mol. The highest BCUT2D eigenvalue weighted by molar-refractivity contribution is 7.80. The van der Waals surface area contributed by atoms with Crippen LogP contribution in [0.3, 0.4) is 0 Å². The minimum absolute atomic E-state index is 0.438. The summed E-state index contributed by atoms with van der Waals surface area (Å²) in [5.41, 5.74) is 10.2. The molecule has 0 radical (unpaired) electrons. The molecule has 2 rings (SSSR count). The van der Waals surface area contributed by atoms with Gasteiger partial charge in [-0.05, 0) is 30.8 Å². The van der Waals surface area contributed by atoms with Crippen LogP contribution < -0.4 is 5.73 Å². The molecule has 0 bridgehead atoms. The summed E-state index contributed by atoms with van der Waals surface area (Å²) < 4.78 is 0. The zero-order chi connectivity index (χ0) is 13.8. The topological polar surface area (TPSA) is 29.3 Å². The molecule has 0 atom stereocenters. The Morgan fingerprint density at radius 2 is 1.68 bits per heavy atom. The number of nitrogens with zero attached hydrogens (tertiary/aromatic N) is 1. The Labute approximate surface area is 119 Å². The number of hydrogen-bond donors (Lipinski definition) is 1. The second kappa shape index (κ2) is 5.95. The van der Waals surface area contributed by atoms with Gasteiger partial charge in [0.05, 0.1) is 0 Å². The average Bonchev–Trinajstić information content (AvgIpc) is 2.39. The van der Waals surface area contributed by atoms with Gasteiger partial charge in [-0.1, -0.05) is 60.7 Å². The first-order valence-electron chi connectivity index (χ1n) is 6.21. The first-order chi connectivity index (χ1) is 9.08. The van der Waals surface area contributed by atoms with E-state index in [1.54, 1.807) is 0 Å². The smallest absolute Gasteiger partial charge is 0.104 e. The molecule has 19 heavy (non-hydrogen) atoms. The van der Waals surface area contributed by atoms with E-state index in [1.165, 1.54) is 5.56 Å². The monoisotopic (exact) mass is 270 g/mol. The fraction of sp³-hybridized carbons (Fsp3) is 0.188. The maximum atomic E-state index is 5.77. The molecule has 0 aliphatic rings. The Hall–Kier alpha value is -1.71. The molecule has 2 aromatic carbocycles. The second-order valence-electron chi connectivity index (χ2n) is 4.84. The summed E-state index contributed by atoms with van der Waals surface area (Å²) in [4.78, 5) is 2.59. The molecule has 0 aliphatic heterocycles. The number of rotatable bonds is 4. The highest BCUT2D eigenvalue weighted by atomic mass is 32.1. The number of nitrogens with two attached hydrogens (primary N) is 1. The van der Waals surface area contributed by atoms with Crippen molar-refractivity contribution in [2.45, 2.75) is 6.54 Å². The van der Waals surface area contributed by atoms with Crippen LogP contribution in [0.15, 0.2) is 48.5 Å². The zero-order valence-electron chi connectivity index (χ0n) is 11.3. The Morgan fingerprint density at radius 3 is 2.26 bits per heavy atom. The van der Waals surface area contributed by atoms with Gasteiger partial charge >= 0.3 is 0 Å². The van der Waals surface area contributed by atoms with E-state index in [1.807, 2.05) is 18.2 Å². The van der Waals surface area contributed by atoms with Crippen LogP contribution in [-0.4, -0.2) is 24.0 Å². The number of benzene rings is 2. The summed E-state index contributed by atoms with van der Waals surface area (Å²) in [7, 11) is 4.13. The molecule has 0 fully saturated rings. The van der Waals surface area contributed by atoms with Crippen LogP contribution in [0.2, 0.25) is 0 Å². The zero-order valence-corrected chi connectivity index (χ0v) is 12.1. The van der Waals surface area contributed by atoms with E-state index in [0.29, 0.717) is 4.99 Å². The number of thiocarbonyl (C=S) groups is 1. The molecule has 2 aromatic rings. The maximum Gasteiger partial charge on any atom is 0.104 e. The van der Waals surface area contributed by atoms with E-state index < -0.39 is 0 Å². The molecular weight excluding hydrogens is 252 g/mol. The van der Waals surface area contributed by atoms with Crippen LogP contribution in [0.4, 0.5) is 0 Å². The SMILES string of the molecule is CN(C)Cc1ccc(-c2ccccc2C(N)=S)cc1. The van der Waals surface area contributed by atoms with Gasteiger partial charge in [0.1, 0.15) is 4.99 Å².